The minimum absolute atomic E-state index is 0.320. The van der Waals surface area contributed by atoms with Crippen LogP contribution in [0.25, 0.3) is 0 Å². The van der Waals surface area contributed by atoms with Crippen molar-refractivity contribution in [3.8, 4) is 5.75 Å². The number of methoxy groups -OCH3 is 1. The van der Waals surface area contributed by atoms with Crippen LogP contribution in [0, 0.1) is 5.82 Å². The van der Waals surface area contributed by atoms with Crippen LogP contribution in [-0.4, -0.2) is 22.0 Å². The molecule has 0 atom stereocenters. The van der Waals surface area contributed by atoms with E-state index < -0.39 is 0 Å². The fraction of sp³-hybridized carbons (Fsp3) is 0.111. The van der Waals surface area contributed by atoms with Gasteiger partial charge in [0.15, 0.2) is 5.11 Å². The average Bonchev–Trinajstić information content (AvgIpc) is 3.01. The Morgan fingerprint density at radius 1 is 1.16 bits per heavy atom. The van der Waals surface area contributed by atoms with Crippen LogP contribution in [0.1, 0.15) is 5.56 Å². The molecule has 0 unspecified atom stereocenters. The number of anilines is 2. The van der Waals surface area contributed by atoms with Gasteiger partial charge in [0.2, 0.25) is 0 Å². The normalized spacial score (nSPS) is 10.3. The maximum atomic E-state index is 13.2. The highest BCUT2D eigenvalue weighted by Gasteiger charge is 2.04. The monoisotopic (exact) mass is 356 g/mol. The van der Waals surface area contributed by atoms with Crippen LogP contribution in [0.3, 0.4) is 0 Å². The van der Waals surface area contributed by atoms with E-state index in [1.165, 1.54) is 12.1 Å². The Labute approximate surface area is 150 Å². The number of benzene rings is 2. The molecule has 1 heterocycles. The van der Waals surface area contributed by atoms with Crippen molar-refractivity contribution in [1.82, 2.24) is 9.78 Å². The Kier molecular flexibility index (Phi) is 5.25. The summed E-state index contributed by atoms with van der Waals surface area (Å²) in [5.74, 6) is 0.488. The minimum Gasteiger partial charge on any atom is -0.497 e. The molecule has 3 aromatic rings. The Hall–Kier alpha value is -2.93. The maximum Gasteiger partial charge on any atom is 0.175 e. The van der Waals surface area contributed by atoms with Gasteiger partial charge in [-0.15, -0.1) is 0 Å². The SMILES string of the molecule is COc1cccc(Cn2cc(NC(=S)Nc3cccc(F)c3)cn2)c1. The van der Waals surface area contributed by atoms with Crippen LogP contribution in [0.15, 0.2) is 60.9 Å². The molecule has 0 saturated carbocycles. The molecule has 25 heavy (non-hydrogen) atoms. The lowest BCUT2D eigenvalue weighted by molar-refractivity contribution is 0.414. The standard InChI is InChI=1S/C18H17FN4OS/c1-24-17-7-2-4-13(8-17)11-23-12-16(10-20-23)22-18(25)21-15-6-3-5-14(19)9-15/h2-10,12H,11H2,1H3,(H2,21,22,25). The highest BCUT2D eigenvalue weighted by molar-refractivity contribution is 7.80. The summed E-state index contributed by atoms with van der Waals surface area (Å²) in [6.07, 6.45) is 3.53. The van der Waals surface area contributed by atoms with Crippen molar-refractivity contribution in [1.29, 1.82) is 0 Å². The molecule has 0 spiro atoms. The molecule has 128 valence electrons. The van der Waals surface area contributed by atoms with Gasteiger partial charge in [0, 0.05) is 11.9 Å². The summed E-state index contributed by atoms with van der Waals surface area (Å²) < 4.78 is 20.2. The van der Waals surface area contributed by atoms with E-state index in [1.807, 2.05) is 30.5 Å². The third-order valence-corrected chi connectivity index (χ3v) is 3.66. The zero-order chi connectivity index (χ0) is 17.6. The van der Waals surface area contributed by atoms with E-state index >= 15 is 0 Å². The summed E-state index contributed by atoms with van der Waals surface area (Å²) in [4.78, 5) is 0. The van der Waals surface area contributed by atoms with Crippen molar-refractivity contribution in [2.75, 3.05) is 17.7 Å². The lowest BCUT2D eigenvalue weighted by atomic mass is 10.2. The third kappa shape index (κ3) is 4.77. The number of thiocarbonyl (C=S) groups is 1. The second-order valence-corrected chi connectivity index (χ2v) is 5.78. The van der Waals surface area contributed by atoms with Gasteiger partial charge < -0.3 is 15.4 Å². The topological polar surface area (TPSA) is 51.1 Å². The van der Waals surface area contributed by atoms with Crippen molar-refractivity contribution >= 4 is 28.7 Å². The Balaban J connectivity index is 1.60. The van der Waals surface area contributed by atoms with Crippen LogP contribution in [0.5, 0.6) is 5.75 Å². The molecule has 0 amide bonds. The molecule has 5 nitrogen and oxygen atoms in total. The quantitative estimate of drug-likeness (QED) is 0.680. The van der Waals surface area contributed by atoms with Gasteiger partial charge in [0.05, 0.1) is 25.5 Å². The highest BCUT2D eigenvalue weighted by atomic mass is 32.1. The molecular formula is C18H17FN4OS. The molecule has 0 fully saturated rings. The molecular weight excluding hydrogens is 339 g/mol. The van der Waals surface area contributed by atoms with Gasteiger partial charge in [-0.1, -0.05) is 18.2 Å². The molecule has 0 bridgehead atoms. The zero-order valence-electron chi connectivity index (χ0n) is 13.6. The first kappa shape index (κ1) is 16.9. The fourth-order valence-corrected chi connectivity index (χ4v) is 2.57. The number of ether oxygens (including phenoxy) is 1. The molecule has 3 rings (SSSR count). The Morgan fingerprint density at radius 3 is 2.76 bits per heavy atom. The summed E-state index contributed by atoms with van der Waals surface area (Å²) in [6, 6.07) is 13.9. The van der Waals surface area contributed by atoms with Gasteiger partial charge in [-0.3, -0.25) is 4.68 Å². The van der Waals surface area contributed by atoms with Gasteiger partial charge in [0.1, 0.15) is 11.6 Å². The number of hydrogen-bond acceptors (Lipinski definition) is 3. The van der Waals surface area contributed by atoms with E-state index in [4.69, 9.17) is 17.0 Å². The van der Waals surface area contributed by atoms with Crippen LogP contribution < -0.4 is 15.4 Å². The van der Waals surface area contributed by atoms with E-state index in [-0.39, 0.29) is 5.82 Å². The zero-order valence-corrected chi connectivity index (χ0v) is 14.4. The first-order valence-electron chi connectivity index (χ1n) is 7.61. The first-order valence-corrected chi connectivity index (χ1v) is 8.02. The first-order chi connectivity index (χ1) is 12.1. The number of aromatic nitrogens is 2. The summed E-state index contributed by atoms with van der Waals surface area (Å²) in [7, 11) is 1.64. The number of nitrogens with one attached hydrogen (secondary N) is 2. The van der Waals surface area contributed by atoms with E-state index in [2.05, 4.69) is 15.7 Å². The molecule has 0 saturated heterocycles. The highest BCUT2D eigenvalue weighted by Crippen LogP contribution is 2.15. The molecule has 1 aromatic heterocycles. The molecule has 2 N–H and O–H groups in total. The van der Waals surface area contributed by atoms with E-state index in [0.29, 0.717) is 17.3 Å². The molecule has 0 aliphatic rings. The van der Waals surface area contributed by atoms with Crippen LogP contribution in [0.4, 0.5) is 15.8 Å². The maximum absolute atomic E-state index is 13.2. The van der Waals surface area contributed by atoms with Crippen molar-refractivity contribution < 1.29 is 9.13 Å². The lowest BCUT2D eigenvalue weighted by Crippen LogP contribution is -2.18. The molecule has 0 radical (unpaired) electrons. The Bertz CT molecular complexity index is 881. The van der Waals surface area contributed by atoms with E-state index in [1.54, 1.807) is 30.1 Å². The van der Waals surface area contributed by atoms with E-state index in [0.717, 1.165) is 17.0 Å². The van der Waals surface area contributed by atoms with Crippen molar-refractivity contribution in [3.05, 3.63) is 72.3 Å². The smallest absolute Gasteiger partial charge is 0.175 e. The number of rotatable bonds is 5. The second-order valence-electron chi connectivity index (χ2n) is 5.37. The molecule has 2 aromatic carbocycles. The predicted octanol–water partition coefficient (Wildman–Crippen LogP) is 3.89. The number of hydrogen-bond donors (Lipinski definition) is 2. The van der Waals surface area contributed by atoms with E-state index in [9.17, 15) is 4.39 Å². The van der Waals surface area contributed by atoms with Gasteiger partial charge >= 0.3 is 0 Å². The van der Waals surface area contributed by atoms with Gasteiger partial charge in [-0.2, -0.15) is 5.10 Å². The molecule has 0 aliphatic carbocycles. The summed E-state index contributed by atoms with van der Waals surface area (Å²) in [5.41, 5.74) is 2.41. The number of nitrogens with zero attached hydrogens (tertiary/aromatic N) is 2. The van der Waals surface area contributed by atoms with Crippen molar-refractivity contribution in [3.63, 3.8) is 0 Å². The molecule has 0 aliphatic heterocycles. The lowest BCUT2D eigenvalue weighted by Gasteiger charge is -2.08. The summed E-state index contributed by atoms with van der Waals surface area (Å²) >= 11 is 5.23. The average molecular weight is 356 g/mol. The Morgan fingerprint density at radius 2 is 1.96 bits per heavy atom. The molecule has 7 heteroatoms. The fourth-order valence-electron chi connectivity index (χ4n) is 2.33. The van der Waals surface area contributed by atoms with Crippen molar-refractivity contribution in [2.45, 2.75) is 6.54 Å². The van der Waals surface area contributed by atoms with Gasteiger partial charge in [0.25, 0.3) is 0 Å². The third-order valence-electron chi connectivity index (χ3n) is 3.45. The van der Waals surface area contributed by atoms with Gasteiger partial charge in [-0.05, 0) is 48.1 Å². The van der Waals surface area contributed by atoms with Crippen LogP contribution in [0.2, 0.25) is 0 Å². The van der Waals surface area contributed by atoms with Crippen LogP contribution in [-0.2, 0) is 6.54 Å². The van der Waals surface area contributed by atoms with Gasteiger partial charge in [-0.25, -0.2) is 4.39 Å². The predicted molar refractivity (Wildman–Crippen MR) is 101 cm³/mol. The van der Waals surface area contributed by atoms with Crippen molar-refractivity contribution in [2.24, 2.45) is 0 Å². The number of halogens is 1. The van der Waals surface area contributed by atoms with Crippen LogP contribution >= 0.6 is 12.2 Å². The summed E-state index contributed by atoms with van der Waals surface area (Å²) in [6.45, 7) is 0.614. The largest absolute Gasteiger partial charge is 0.497 e. The minimum atomic E-state index is -0.320. The second kappa shape index (κ2) is 7.76. The summed E-state index contributed by atoms with van der Waals surface area (Å²) in [5, 5.41) is 10.6.